The maximum absolute atomic E-state index is 12.6. The van der Waals surface area contributed by atoms with Gasteiger partial charge in [-0.15, -0.1) is 0 Å². The maximum atomic E-state index is 12.6. The molecule has 3 N–H and O–H groups in total. The number of hydrogen-bond acceptors (Lipinski definition) is 6. The van der Waals surface area contributed by atoms with Crippen LogP contribution in [0.25, 0.3) is 0 Å². The normalized spacial score (nSPS) is 16.0. The second kappa shape index (κ2) is 8.69. The first-order valence-corrected chi connectivity index (χ1v) is 10.1. The van der Waals surface area contributed by atoms with Crippen molar-refractivity contribution >= 4 is 17.8 Å². The molecule has 0 aliphatic carbocycles. The van der Waals surface area contributed by atoms with Gasteiger partial charge in [0.2, 0.25) is 0 Å². The van der Waals surface area contributed by atoms with Crippen molar-refractivity contribution in [3.05, 3.63) is 54.0 Å². The summed E-state index contributed by atoms with van der Waals surface area (Å²) in [6.07, 6.45) is 3.99. The van der Waals surface area contributed by atoms with E-state index in [1.807, 2.05) is 39.0 Å². The lowest BCUT2D eigenvalue weighted by atomic mass is 9.72. The van der Waals surface area contributed by atoms with Gasteiger partial charge in [0.05, 0.1) is 0 Å². The van der Waals surface area contributed by atoms with Gasteiger partial charge in [0, 0.05) is 37.4 Å². The molecule has 2 amide bonds. The predicted molar refractivity (Wildman–Crippen MR) is 114 cm³/mol. The highest BCUT2D eigenvalue weighted by Gasteiger charge is 2.39. The fraction of sp³-hybridized carbons (Fsp3) is 0.455. The Kier molecular flexibility index (Phi) is 6.24. The molecule has 2 aromatic rings. The number of benzene rings is 1. The summed E-state index contributed by atoms with van der Waals surface area (Å²) >= 11 is 0. The third-order valence-corrected chi connectivity index (χ3v) is 5.29. The first-order chi connectivity index (χ1) is 14.2. The summed E-state index contributed by atoms with van der Waals surface area (Å²) in [4.78, 5) is 34.8. The lowest BCUT2D eigenvalue weighted by Gasteiger charge is -2.42. The quantitative estimate of drug-likeness (QED) is 0.800. The van der Waals surface area contributed by atoms with Crippen LogP contribution in [0.3, 0.4) is 0 Å². The van der Waals surface area contributed by atoms with E-state index in [9.17, 15) is 9.59 Å². The SMILES string of the molecule is CC(C)(C)OC(=O)N1CCC(CNC(=O)c2nccnc2N)(c2ccccc2)CC1. The number of hydrogen-bond donors (Lipinski definition) is 2. The molecule has 0 saturated carbocycles. The molecule has 1 saturated heterocycles. The monoisotopic (exact) mass is 411 g/mol. The van der Waals surface area contributed by atoms with Gasteiger partial charge in [0.1, 0.15) is 5.60 Å². The van der Waals surface area contributed by atoms with Crippen LogP contribution in [-0.4, -0.2) is 52.1 Å². The van der Waals surface area contributed by atoms with E-state index in [0.717, 1.165) is 5.56 Å². The van der Waals surface area contributed by atoms with Gasteiger partial charge in [-0.1, -0.05) is 30.3 Å². The van der Waals surface area contributed by atoms with E-state index in [2.05, 4.69) is 27.4 Å². The third kappa shape index (κ3) is 5.06. The van der Waals surface area contributed by atoms with E-state index < -0.39 is 5.60 Å². The Balaban J connectivity index is 1.74. The fourth-order valence-corrected chi connectivity index (χ4v) is 3.66. The summed E-state index contributed by atoms with van der Waals surface area (Å²) in [5, 5.41) is 2.97. The number of nitrogens with zero attached hydrogens (tertiary/aromatic N) is 3. The second-order valence-electron chi connectivity index (χ2n) is 8.59. The number of aromatic nitrogens is 2. The molecule has 160 valence electrons. The topological polar surface area (TPSA) is 110 Å². The van der Waals surface area contributed by atoms with Crippen LogP contribution in [0, 0.1) is 0 Å². The number of amides is 2. The minimum atomic E-state index is -0.532. The van der Waals surface area contributed by atoms with Crippen molar-refractivity contribution in [1.82, 2.24) is 20.2 Å². The van der Waals surface area contributed by atoms with Crippen molar-refractivity contribution in [1.29, 1.82) is 0 Å². The lowest BCUT2D eigenvalue weighted by molar-refractivity contribution is 0.0162. The molecule has 1 aromatic carbocycles. The summed E-state index contributed by atoms with van der Waals surface area (Å²) in [7, 11) is 0. The molecule has 2 heterocycles. The van der Waals surface area contributed by atoms with Crippen molar-refractivity contribution in [3.63, 3.8) is 0 Å². The van der Waals surface area contributed by atoms with E-state index in [-0.39, 0.29) is 28.9 Å². The predicted octanol–water partition coefficient (Wildman–Crippen LogP) is 2.76. The third-order valence-electron chi connectivity index (χ3n) is 5.29. The molecule has 0 spiro atoms. The van der Waals surface area contributed by atoms with E-state index >= 15 is 0 Å². The molecule has 0 atom stereocenters. The molecule has 1 aromatic heterocycles. The summed E-state index contributed by atoms with van der Waals surface area (Å²) in [5.41, 5.74) is 6.20. The van der Waals surface area contributed by atoms with Crippen LogP contribution in [0.1, 0.15) is 49.7 Å². The lowest BCUT2D eigenvalue weighted by Crippen LogP contribution is -2.51. The minimum absolute atomic E-state index is 0.100. The zero-order valence-electron chi connectivity index (χ0n) is 17.7. The largest absolute Gasteiger partial charge is 0.444 e. The van der Waals surface area contributed by atoms with Crippen molar-refractivity contribution in [3.8, 4) is 0 Å². The Morgan fingerprint density at radius 2 is 1.77 bits per heavy atom. The van der Waals surface area contributed by atoms with Gasteiger partial charge in [-0.2, -0.15) is 0 Å². The number of nitrogens with two attached hydrogens (primary N) is 1. The van der Waals surface area contributed by atoms with Gasteiger partial charge in [0.15, 0.2) is 11.5 Å². The van der Waals surface area contributed by atoms with Crippen LogP contribution in [-0.2, 0) is 10.2 Å². The van der Waals surface area contributed by atoms with Gasteiger partial charge in [-0.25, -0.2) is 14.8 Å². The Morgan fingerprint density at radius 3 is 2.37 bits per heavy atom. The van der Waals surface area contributed by atoms with Crippen molar-refractivity contribution in [2.75, 3.05) is 25.4 Å². The van der Waals surface area contributed by atoms with Crippen LogP contribution < -0.4 is 11.1 Å². The Bertz CT molecular complexity index is 887. The zero-order chi connectivity index (χ0) is 21.8. The number of nitrogen functional groups attached to an aromatic ring is 1. The molecule has 1 aliphatic heterocycles. The van der Waals surface area contributed by atoms with Gasteiger partial charge in [-0.05, 0) is 39.2 Å². The number of nitrogens with one attached hydrogen (secondary N) is 1. The number of anilines is 1. The highest BCUT2D eigenvalue weighted by Crippen LogP contribution is 2.35. The van der Waals surface area contributed by atoms with Crippen LogP contribution >= 0.6 is 0 Å². The Morgan fingerprint density at radius 1 is 1.13 bits per heavy atom. The minimum Gasteiger partial charge on any atom is -0.444 e. The Labute approximate surface area is 176 Å². The average Bonchev–Trinajstić information content (AvgIpc) is 2.72. The van der Waals surface area contributed by atoms with Crippen LogP contribution in [0.15, 0.2) is 42.7 Å². The molecule has 1 fully saturated rings. The molecule has 0 unspecified atom stereocenters. The molecular formula is C22H29N5O3. The maximum Gasteiger partial charge on any atom is 0.410 e. The number of carbonyl (C=O) groups excluding carboxylic acids is 2. The van der Waals surface area contributed by atoms with Crippen molar-refractivity contribution in [2.24, 2.45) is 0 Å². The summed E-state index contributed by atoms with van der Waals surface area (Å²) in [6, 6.07) is 10.1. The molecule has 8 nitrogen and oxygen atoms in total. The number of carbonyl (C=O) groups is 2. The summed E-state index contributed by atoms with van der Waals surface area (Å²) < 4.78 is 5.51. The van der Waals surface area contributed by atoms with Gasteiger partial charge < -0.3 is 20.7 Å². The molecule has 0 bridgehead atoms. The molecular weight excluding hydrogens is 382 g/mol. The second-order valence-corrected chi connectivity index (χ2v) is 8.59. The van der Waals surface area contributed by atoms with E-state index in [1.54, 1.807) is 4.90 Å². The Hall–Kier alpha value is -3.16. The molecule has 3 rings (SSSR count). The molecule has 0 radical (unpaired) electrons. The highest BCUT2D eigenvalue weighted by molar-refractivity contribution is 5.96. The van der Waals surface area contributed by atoms with Crippen LogP contribution in [0.2, 0.25) is 0 Å². The van der Waals surface area contributed by atoms with Gasteiger partial charge in [0.25, 0.3) is 5.91 Å². The summed E-state index contributed by atoms with van der Waals surface area (Å²) in [5.74, 6) is -0.256. The van der Waals surface area contributed by atoms with E-state index in [0.29, 0.717) is 32.5 Å². The average molecular weight is 412 g/mol. The zero-order valence-corrected chi connectivity index (χ0v) is 17.7. The smallest absolute Gasteiger partial charge is 0.410 e. The van der Waals surface area contributed by atoms with Gasteiger partial charge >= 0.3 is 6.09 Å². The van der Waals surface area contributed by atoms with Crippen molar-refractivity contribution < 1.29 is 14.3 Å². The van der Waals surface area contributed by atoms with E-state index in [4.69, 9.17) is 10.5 Å². The first kappa shape index (κ1) is 21.5. The van der Waals surface area contributed by atoms with Crippen LogP contribution in [0.4, 0.5) is 10.6 Å². The van der Waals surface area contributed by atoms with Crippen LogP contribution in [0.5, 0.6) is 0 Å². The first-order valence-electron chi connectivity index (χ1n) is 10.1. The summed E-state index contributed by atoms with van der Waals surface area (Å²) in [6.45, 7) is 7.08. The fourth-order valence-electron chi connectivity index (χ4n) is 3.66. The number of piperidine rings is 1. The highest BCUT2D eigenvalue weighted by atomic mass is 16.6. The number of rotatable bonds is 4. The number of ether oxygens (including phenoxy) is 1. The standard InChI is InChI=1S/C22H29N5O3/c1-21(2,3)30-20(29)27-13-9-22(10-14-27,16-7-5-4-6-8-16)15-26-19(28)17-18(23)25-12-11-24-17/h4-8,11-12H,9-10,13-15H2,1-3H3,(H2,23,25)(H,26,28). The molecule has 1 aliphatic rings. The van der Waals surface area contributed by atoms with Gasteiger partial charge in [-0.3, -0.25) is 4.79 Å². The van der Waals surface area contributed by atoms with E-state index in [1.165, 1.54) is 12.4 Å². The molecule has 8 heteroatoms. The number of likely N-dealkylation sites (tertiary alicyclic amines) is 1. The molecule has 30 heavy (non-hydrogen) atoms. The van der Waals surface area contributed by atoms with Crippen molar-refractivity contribution in [2.45, 2.75) is 44.6 Å².